The third kappa shape index (κ3) is 2.54. The number of fused-ring (bicyclic) bond motifs is 3. The Hall–Kier alpha value is -1.85. The maximum absolute atomic E-state index is 6.16. The average molecular weight is 331 g/mol. The van der Waals surface area contributed by atoms with Crippen LogP contribution < -0.4 is 5.73 Å². The van der Waals surface area contributed by atoms with Gasteiger partial charge in [0.05, 0.1) is 16.9 Å². The first-order valence-corrected chi connectivity index (χ1v) is 8.48. The van der Waals surface area contributed by atoms with Crippen LogP contribution >= 0.6 is 11.6 Å². The number of alkyl halides is 1. The Morgan fingerprint density at radius 2 is 2.00 bits per heavy atom. The van der Waals surface area contributed by atoms with Crippen molar-refractivity contribution < 1.29 is 4.74 Å². The molecule has 0 bridgehead atoms. The second-order valence-corrected chi connectivity index (χ2v) is 6.31. The van der Waals surface area contributed by atoms with Crippen LogP contribution in [0.1, 0.15) is 18.7 Å². The fourth-order valence-corrected chi connectivity index (χ4v) is 3.59. The van der Waals surface area contributed by atoms with Crippen molar-refractivity contribution in [2.24, 2.45) is 5.92 Å². The van der Waals surface area contributed by atoms with Crippen molar-refractivity contribution in [3.8, 4) is 0 Å². The van der Waals surface area contributed by atoms with Crippen LogP contribution in [-0.4, -0.2) is 27.7 Å². The second kappa shape index (κ2) is 5.98. The highest BCUT2D eigenvalue weighted by Crippen LogP contribution is 2.31. The van der Waals surface area contributed by atoms with Gasteiger partial charge in [-0.3, -0.25) is 0 Å². The van der Waals surface area contributed by atoms with Crippen LogP contribution in [0.15, 0.2) is 24.3 Å². The standard InChI is InChI=1S/C17H19ClN4O/c18-9-14-21-15-16(22(14)10-11-5-7-23-8-6-11)12-3-1-2-4-13(12)20-17(15)19/h1-4,11H,5-10H2,(H2,19,20). The molecule has 1 aliphatic rings. The minimum absolute atomic E-state index is 0.367. The van der Waals surface area contributed by atoms with Crippen molar-refractivity contribution in [3.05, 3.63) is 30.1 Å². The number of hydrogen-bond acceptors (Lipinski definition) is 4. The van der Waals surface area contributed by atoms with Gasteiger partial charge < -0.3 is 15.0 Å². The summed E-state index contributed by atoms with van der Waals surface area (Å²) in [6, 6.07) is 8.05. The van der Waals surface area contributed by atoms with E-state index >= 15 is 0 Å². The summed E-state index contributed by atoms with van der Waals surface area (Å²) >= 11 is 6.16. The van der Waals surface area contributed by atoms with Crippen molar-refractivity contribution in [1.82, 2.24) is 14.5 Å². The van der Waals surface area contributed by atoms with Crippen LogP contribution in [0, 0.1) is 5.92 Å². The van der Waals surface area contributed by atoms with Crippen molar-refractivity contribution in [3.63, 3.8) is 0 Å². The monoisotopic (exact) mass is 330 g/mol. The second-order valence-electron chi connectivity index (χ2n) is 6.04. The number of rotatable bonds is 3. The fraction of sp³-hybridized carbons (Fsp3) is 0.412. The number of aromatic nitrogens is 3. The van der Waals surface area contributed by atoms with E-state index in [0.29, 0.717) is 17.6 Å². The lowest BCUT2D eigenvalue weighted by Gasteiger charge is -2.23. The Balaban J connectivity index is 1.92. The first kappa shape index (κ1) is 14.7. The number of ether oxygens (including phenoxy) is 1. The van der Waals surface area contributed by atoms with E-state index in [1.54, 1.807) is 0 Å². The number of para-hydroxylation sites is 1. The lowest BCUT2D eigenvalue weighted by molar-refractivity contribution is 0.0614. The molecule has 0 atom stereocenters. The molecule has 0 radical (unpaired) electrons. The maximum atomic E-state index is 6.16. The quantitative estimate of drug-likeness (QED) is 0.748. The van der Waals surface area contributed by atoms with Crippen LogP contribution in [0.5, 0.6) is 0 Å². The number of anilines is 1. The van der Waals surface area contributed by atoms with E-state index in [1.807, 2.05) is 18.2 Å². The lowest BCUT2D eigenvalue weighted by atomic mass is 10.00. The summed E-state index contributed by atoms with van der Waals surface area (Å²) in [5, 5.41) is 1.08. The molecule has 3 heterocycles. The van der Waals surface area contributed by atoms with Gasteiger partial charge in [-0.2, -0.15) is 0 Å². The molecule has 0 unspecified atom stereocenters. The van der Waals surface area contributed by atoms with E-state index in [9.17, 15) is 0 Å². The number of halogens is 1. The Morgan fingerprint density at radius 1 is 1.22 bits per heavy atom. The van der Waals surface area contributed by atoms with Crippen LogP contribution in [0.4, 0.5) is 5.82 Å². The van der Waals surface area contributed by atoms with Crippen molar-refractivity contribution in [1.29, 1.82) is 0 Å². The van der Waals surface area contributed by atoms with E-state index in [0.717, 1.165) is 60.4 Å². The number of nitrogens with zero attached hydrogens (tertiary/aromatic N) is 3. The molecule has 1 fully saturated rings. The third-order valence-electron chi connectivity index (χ3n) is 4.59. The molecular weight excluding hydrogens is 312 g/mol. The molecule has 1 saturated heterocycles. The number of nitrogen functional groups attached to an aromatic ring is 1. The zero-order valence-corrected chi connectivity index (χ0v) is 13.6. The van der Waals surface area contributed by atoms with E-state index in [-0.39, 0.29) is 0 Å². The minimum atomic E-state index is 0.367. The normalized spacial score (nSPS) is 16.4. The van der Waals surface area contributed by atoms with E-state index in [4.69, 9.17) is 22.1 Å². The predicted molar refractivity (Wildman–Crippen MR) is 92.5 cm³/mol. The Morgan fingerprint density at radius 3 is 2.78 bits per heavy atom. The van der Waals surface area contributed by atoms with Crippen molar-refractivity contribution in [2.45, 2.75) is 25.3 Å². The topological polar surface area (TPSA) is 66.0 Å². The molecule has 23 heavy (non-hydrogen) atoms. The zero-order valence-electron chi connectivity index (χ0n) is 12.8. The highest BCUT2D eigenvalue weighted by molar-refractivity contribution is 6.17. The van der Waals surface area contributed by atoms with Crippen molar-refractivity contribution >= 4 is 39.4 Å². The highest BCUT2D eigenvalue weighted by atomic mass is 35.5. The van der Waals surface area contributed by atoms with Gasteiger partial charge in [-0.05, 0) is 24.8 Å². The first-order chi connectivity index (χ1) is 11.3. The van der Waals surface area contributed by atoms with Gasteiger partial charge >= 0.3 is 0 Å². The molecule has 120 valence electrons. The molecule has 1 aromatic carbocycles. The molecule has 0 aliphatic carbocycles. The van der Waals surface area contributed by atoms with Gasteiger partial charge in [0.1, 0.15) is 11.3 Å². The summed E-state index contributed by atoms with van der Waals surface area (Å²) in [7, 11) is 0. The van der Waals surface area contributed by atoms with Gasteiger partial charge in [0.15, 0.2) is 5.82 Å². The van der Waals surface area contributed by atoms with E-state index in [1.165, 1.54) is 0 Å². The molecular formula is C17H19ClN4O. The molecule has 6 heteroatoms. The minimum Gasteiger partial charge on any atom is -0.382 e. The van der Waals surface area contributed by atoms with Crippen LogP contribution in [0.25, 0.3) is 21.9 Å². The molecule has 5 nitrogen and oxygen atoms in total. The van der Waals surface area contributed by atoms with Gasteiger partial charge in [0.25, 0.3) is 0 Å². The smallest absolute Gasteiger partial charge is 0.152 e. The molecule has 0 amide bonds. The Kier molecular flexibility index (Phi) is 3.83. The Bertz CT molecular complexity index is 855. The average Bonchev–Trinajstić information content (AvgIpc) is 2.95. The van der Waals surface area contributed by atoms with Gasteiger partial charge in [0, 0.05) is 25.1 Å². The number of benzene rings is 1. The summed E-state index contributed by atoms with van der Waals surface area (Å²) in [6.07, 6.45) is 2.14. The van der Waals surface area contributed by atoms with Crippen LogP contribution in [0.3, 0.4) is 0 Å². The molecule has 4 rings (SSSR count). The molecule has 1 aliphatic heterocycles. The summed E-state index contributed by atoms with van der Waals surface area (Å²) < 4.78 is 7.71. The van der Waals surface area contributed by atoms with Gasteiger partial charge in [-0.1, -0.05) is 18.2 Å². The maximum Gasteiger partial charge on any atom is 0.152 e. The SMILES string of the molecule is Nc1nc2ccccc2c2c1nc(CCl)n2CC1CCOCC1. The Labute approximate surface area is 139 Å². The lowest BCUT2D eigenvalue weighted by Crippen LogP contribution is -2.21. The van der Waals surface area contributed by atoms with Gasteiger partial charge in [-0.25, -0.2) is 9.97 Å². The van der Waals surface area contributed by atoms with E-state index < -0.39 is 0 Å². The summed E-state index contributed by atoms with van der Waals surface area (Å²) in [6.45, 7) is 2.56. The first-order valence-electron chi connectivity index (χ1n) is 7.95. The summed E-state index contributed by atoms with van der Waals surface area (Å²) in [4.78, 5) is 9.14. The number of imidazole rings is 1. The molecule has 3 aromatic rings. The largest absolute Gasteiger partial charge is 0.382 e. The zero-order chi connectivity index (χ0) is 15.8. The van der Waals surface area contributed by atoms with Gasteiger partial charge in [-0.15, -0.1) is 11.6 Å². The van der Waals surface area contributed by atoms with Crippen molar-refractivity contribution in [2.75, 3.05) is 18.9 Å². The molecule has 0 saturated carbocycles. The summed E-state index contributed by atoms with van der Waals surface area (Å²) in [5.74, 6) is 2.27. The van der Waals surface area contributed by atoms with Crippen LogP contribution in [0.2, 0.25) is 0 Å². The molecule has 2 aromatic heterocycles. The number of nitrogens with two attached hydrogens (primary N) is 1. The highest BCUT2D eigenvalue weighted by Gasteiger charge is 2.21. The van der Waals surface area contributed by atoms with Crippen LogP contribution in [-0.2, 0) is 17.2 Å². The van der Waals surface area contributed by atoms with Gasteiger partial charge in [0.2, 0.25) is 0 Å². The number of pyridine rings is 1. The van der Waals surface area contributed by atoms with E-state index in [2.05, 4.69) is 20.6 Å². The molecule has 0 spiro atoms. The predicted octanol–water partition coefficient (Wildman–Crippen LogP) is 3.33. The third-order valence-corrected chi connectivity index (χ3v) is 4.83. The summed E-state index contributed by atoms with van der Waals surface area (Å²) in [5.41, 5.74) is 8.84. The number of hydrogen-bond donors (Lipinski definition) is 1. The molecule has 2 N–H and O–H groups in total. The fourth-order valence-electron chi connectivity index (χ4n) is 3.39.